The molecule has 0 saturated carbocycles. The molecule has 0 fully saturated rings. The minimum absolute atomic E-state index is 0.184. The Kier molecular flexibility index (Phi) is 4.62. The van der Waals surface area contributed by atoms with Gasteiger partial charge >= 0.3 is 0 Å². The zero-order valence-electron chi connectivity index (χ0n) is 10.1. The standard InChI is InChI=1S/C14H10.C2H6OS/c1-2-6-12-10-14-8-4-3-7-13(14)9-11(12)5-1;3-1-2-4/h1-10H;3-4H,1-2H2. The molecule has 0 aliphatic rings. The topological polar surface area (TPSA) is 20.2 Å². The van der Waals surface area contributed by atoms with Crippen LogP contribution in [0.15, 0.2) is 60.7 Å². The van der Waals surface area contributed by atoms with E-state index in [0.717, 1.165) is 0 Å². The summed E-state index contributed by atoms with van der Waals surface area (Å²) in [5.74, 6) is 0.569. The second-order valence-electron chi connectivity index (χ2n) is 3.99. The second-order valence-corrected chi connectivity index (χ2v) is 4.44. The first-order valence-corrected chi connectivity index (χ1v) is 6.57. The lowest BCUT2D eigenvalue weighted by Gasteiger charge is -2.00. The number of rotatable bonds is 1. The van der Waals surface area contributed by atoms with Crippen LogP contribution < -0.4 is 0 Å². The van der Waals surface area contributed by atoms with Crippen LogP contribution >= 0.6 is 12.6 Å². The molecule has 0 saturated heterocycles. The van der Waals surface area contributed by atoms with Crippen LogP contribution in [0.5, 0.6) is 0 Å². The number of thiol groups is 1. The van der Waals surface area contributed by atoms with E-state index in [9.17, 15) is 0 Å². The molecule has 0 aliphatic heterocycles. The van der Waals surface area contributed by atoms with E-state index in [0.29, 0.717) is 5.75 Å². The Morgan fingerprint density at radius 2 is 1.00 bits per heavy atom. The van der Waals surface area contributed by atoms with E-state index in [4.69, 9.17) is 5.11 Å². The van der Waals surface area contributed by atoms with E-state index < -0.39 is 0 Å². The van der Waals surface area contributed by atoms with Gasteiger partial charge < -0.3 is 5.11 Å². The van der Waals surface area contributed by atoms with Gasteiger partial charge in [0.05, 0.1) is 6.61 Å². The molecule has 0 radical (unpaired) electrons. The maximum absolute atomic E-state index is 7.80. The molecule has 3 aromatic carbocycles. The molecule has 0 spiro atoms. The fraction of sp³-hybridized carbons (Fsp3) is 0.125. The van der Waals surface area contributed by atoms with Crippen LogP contribution in [0.1, 0.15) is 0 Å². The summed E-state index contributed by atoms with van der Waals surface area (Å²) in [7, 11) is 0. The Balaban J connectivity index is 0.000000267. The van der Waals surface area contributed by atoms with Gasteiger partial charge in [-0.25, -0.2) is 0 Å². The maximum Gasteiger partial charge on any atom is 0.0519 e. The number of fused-ring (bicyclic) bond motifs is 2. The van der Waals surface area contributed by atoms with Crippen LogP contribution in [0, 0.1) is 0 Å². The Hall–Kier alpha value is -1.51. The minimum atomic E-state index is 0.184. The lowest BCUT2D eigenvalue weighted by Crippen LogP contribution is -1.76. The molecule has 0 heterocycles. The fourth-order valence-electron chi connectivity index (χ4n) is 1.88. The summed E-state index contributed by atoms with van der Waals surface area (Å²) in [5, 5.41) is 13.0. The molecule has 0 atom stereocenters. The molecule has 0 aliphatic carbocycles. The molecule has 3 rings (SSSR count). The molecule has 18 heavy (non-hydrogen) atoms. The number of hydrogen-bond acceptors (Lipinski definition) is 2. The largest absolute Gasteiger partial charge is 0.396 e. The summed E-state index contributed by atoms with van der Waals surface area (Å²) >= 11 is 3.67. The van der Waals surface area contributed by atoms with Crippen molar-refractivity contribution in [2.45, 2.75) is 0 Å². The number of hydrogen-bond donors (Lipinski definition) is 2. The van der Waals surface area contributed by atoms with Gasteiger partial charge in [0, 0.05) is 5.75 Å². The van der Waals surface area contributed by atoms with E-state index >= 15 is 0 Å². The summed E-state index contributed by atoms with van der Waals surface area (Å²) in [6, 6.07) is 21.4. The lowest BCUT2D eigenvalue weighted by molar-refractivity contribution is 0.323. The predicted molar refractivity (Wildman–Crippen MR) is 82.4 cm³/mol. The van der Waals surface area contributed by atoms with Crippen molar-refractivity contribution in [3.05, 3.63) is 60.7 Å². The summed E-state index contributed by atoms with van der Waals surface area (Å²) < 4.78 is 0. The third-order valence-electron chi connectivity index (χ3n) is 2.71. The molecular formula is C16H16OS. The van der Waals surface area contributed by atoms with Crippen molar-refractivity contribution in [3.8, 4) is 0 Å². The van der Waals surface area contributed by atoms with Crippen molar-refractivity contribution >= 4 is 34.2 Å². The number of aliphatic hydroxyl groups excluding tert-OH is 1. The molecule has 2 heteroatoms. The van der Waals surface area contributed by atoms with Crippen LogP contribution in [0.2, 0.25) is 0 Å². The Labute approximate surface area is 112 Å². The first-order valence-electron chi connectivity index (χ1n) is 5.94. The molecule has 3 aromatic rings. The Morgan fingerprint density at radius 3 is 1.22 bits per heavy atom. The van der Waals surface area contributed by atoms with Crippen molar-refractivity contribution in [1.29, 1.82) is 0 Å². The van der Waals surface area contributed by atoms with Gasteiger partial charge in [0.2, 0.25) is 0 Å². The van der Waals surface area contributed by atoms with E-state index in [1.165, 1.54) is 21.5 Å². The molecular weight excluding hydrogens is 240 g/mol. The van der Waals surface area contributed by atoms with Gasteiger partial charge in [-0.05, 0) is 33.7 Å². The highest BCUT2D eigenvalue weighted by atomic mass is 32.1. The smallest absolute Gasteiger partial charge is 0.0519 e. The molecule has 1 nitrogen and oxygen atoms in total. The molecule has 92 valence electrons. The third kappa shape index (κ3) is 3.03. The molecule has 0 bridgehead atoms. The van der Waals surface area contributed by atoms with Crippen molar-refractivity contribution in [1.82, 2.24) is 0 Å². The van der Waals surface area contributed by atoms with Gasteiger partial charge in [0.25, 0.3) is 0 Å². The van der Waals surface area contributed by atoms with Crippen LogP contribution in [0.4, 0.5) is 0 Å². The first kappa shape index (κ1) is 12.9. The Bertz CT molecular complexity index is 527. The average Bonchev–Trinajstić information content (AvgIpc) is 2.45. The van der Waals surface area contributed by atoms with Gasteiger partial charge in [-0.1, -0.05) is 48.5 Å². The summed E-state index contributed by atoms with van der Waals surface area (Å²) in [5.41, 5.74) is 0. The molecule has 0 amide bonds. The van der Waals surface area contributed by atoms with Gasteiger partial charge in [-0.15, -0.1) is 0 Å². The lowest BCUT2D eigenvalue weighted by atomic mass is 10.0. The normalized spacial score (nSPS) is 10.1. The highest BCUT2D eigenvalue weighted by Gasteiger charge is 1.95. The molecule has 1 N–H and O–H groups in total. The van der Waals surface area contributed by atoms with E-state index in [2.05, 4.69) is 73.3 Å². The first-order chi connectivity index (χ1) is 8.85. The number of benzene rings is 3. The zero-order valence-corrected chi connectivity index (χ0v) is 11.0. The minimum Gasteiger partial charge on any atom is -0.396 e. The summed E-state index contributed by atoms with van der Waals surface area (Å²) in [6.07, 6.45) is 0. The van der Waals surface area contributed by atoms with Crippen LogP contribution in [0.3, 0.4) is 0 Å². The SMILES string of the molecule is OCCS.c1ccc2cc3ccccc3cc2c1. The van der Waals surface area contributed by atoms with Gasteiger partial charge in [-0.3, -0.25) is 0 Å². The van der Waals surface area contributed by atoms with Gasteiger partial charge in [0.15, 0.2) is 0 Å². The van der Waals surface area contributed by atoms with Crippen molar-refractivity contribution in [3.63, 3.8) is 0 Å². The molecule has 0 aromatic heterocycles. The average molecular weight is 256 g/mol. The maximum atomic E-state index is 7.80. The molecule has 0 unspecified atom stereocenters. The van der Waals surface area contributed by atoms with E-state index in [-0.39, 0.29) is 6.61 Å². The fourth-order valence-corrected chi connectivity index (χ4v) is 1.88. The summed E-state index contributed by atoms with van der Waals surface area (Å²) in [6.45, 7) is 0.184. The van der Waals surface area contributed by atoms with Crippen molar-refractivity contribution in [2.75, 3.05) is 12.4 Å². The quantitative estimate of drug-likeness (QED) is 0.500. The van der Waals surface area contributed by atoms with Gasteiger partial charge in [-0.2, -0.15) is 12.6 Å². The van der Waals surface area contributed by atoms with Crippen LogP contribution in [0.25, 0.3) is 21.5 Å². The second kappa shape index (κ2) is 6.43. The highest BCUT2D eigenvalue weighted by Crippen LogP contribution is 2.21. The van der Waals surface area contributed by atoms with E-state index in [1.807, 2.05) is 0 Å². The Morgan fingerprint density at radius 1 is 0.722 bits per heavy atom. The number of aliphatic hydroxyl groups is 1. The van der Waals surface area contributed by atoms with Crippen LogP contribution in [-0.4, -0.2) is 17.5 Å². The summed E-state index contributed by atoms with van der Waals surface area (Å²) in [4.78, 5) is 0. The van der Waals surface area contributed by atoms with Crippen LogP contribution in [-0.2, 0) is 0 Å². The highest BCUT2D eigenvalue weighted by molar-refractivity contribution is 7.80. The zero-order chi connectivity index (χ0) is 12.8. The van der Waals surface area contributed by atoms with Crippen molar-refractivity contribution < 1.29 is 5.11 Å². The predicted octanol–water partition coefficient (Wildman–Crippen LogP) is 3.90. The monoisotopic (exact) mass is 256 g/mol. The third-order valence-corrected chi connectivity index (χ3v) is 2.91. The van der Waals surface area contributed by atoms with Gasteiger partial charge in [0.1, 0.15) is 0 Å². The van der Waals surface area contributed by atoms with E-state index in [1.54, 1.807) is 0 Å². The van der Waals surface area contributed by atoms with Crippen molar-refractivity contribution in [2.24, 2.45) is 0 Å².